The van der Waals surface area contributed by atoms with Crippen molar-refractivity contribution in [3.05, 3.63) is 53.1 Å². The van der Waals surface area contributed by atoms with Gasteiger partial charge in [0, 0.05) is 32.1 Å². The van der Waals surface area contributed by atoms with Crippen molar-refractivity contribution in [1.29, 1.82) is 0 Å². The van der Waals surface area contributed by atoms with Gasteiger partial charge >= 0.3 is 0 Å². The zero-order valence-corrected chi connectivity index (χ0v) is 20.0. The van der Waals surface area contributed by atoms with Gasteiger partial charge in [-0.1, -0.05) is 29.8 Å². The summed E-state index contributed by atoms with van der Waals surface area (Å²) in [6.07, 6.45) is 3.41. The smallest absolute Gasteiger partial charge is 0.243 e. The van der Waals surface area contributed by atoms with Gasteiger partial charge in [-0.05, 0) is 69.7 Å². The van der Waals surface area contributed by atoms with E-state index in [0.717, 1.165) is 41.2 Å². The molecule has 0 atom stereocenters. The number of aryl methyl sites for hydroxylation is 3. The first-order chi connectivity index (χ1) is 15.3. The molecule has 0 saturated carbocycles. The maximum Gasteiger partial charge on any atom is 0.243 e. The van der Waals surface area contributed by atoms with Crippen LogP contribution in [0.15, 0.2) is 41.3 Å². The molecule has 0 bridgehead atoms. The average Bonchev–Trinajstić information content (AvgIpc) is 3.28. The molecule has 1 N–H and O–H groups in total. The van der Waals surface area contributed by atoms with Gasteiger partial charge in [0.2, 0.25) is 15.9 Å². The Bertz CT molecular complexity index is 1080. The highest BCUT2D eigenvalue weighted by Crippen LogP contribution is 2.32. The molecule has 0 unspecified atom stereocenters. The highest BCUT2D eigenvalue weighted by atomic mass is 32.2. The van der Waals surface area contributed by atoms with Crippen LogP contribution in [0.4, 0.5) is 11.4 Å². The lowest BCUT2D eigenvalue weighted by molar-refractivity contribution is -0.120. The number of carbonyl (C=O) groups excluding carboxylic acids is 1. The predicted molar refractivity (Wildman–Crippen MR) is 129 cm³/mol. The summed E-state index contributed by atoms with van der Waals surface area (Å²) in [6.45, 7) is 8.43. The Morgan fingerprint density at radius 2 is 1.53 bits per heavy atom. The monoisotopic (exact) mass is 455 g/mol. The highest BCUT2D eigenvalue weighted by molar-refractivity contribution is 7.89. The molecular weight excluding hydrogens is 422 g/mol. The molecule has 1 amide bonds. The number of hydrogen-bond donors (Lipinski definition) is 1. The molecule has 172 valence electrons. The topological polar surface area (TPSA) is 69.7 Å². The number of piperidine rings is 1. The standard InChI is InChI=1S/C25H33N3O3S/c1-18-16-19(2)24(20(3)17-18)32(30,31)28-14-10-21(11-15-28)25(29)26-22-8-4-5-9-23(22)27-12-6-7-13-27/h4-5,8-9,16-17,21H,6-7,10-15H2,1-3H3,(H,26,29). The highest BCUT2D eigenvalue weighted by Gasteiger charge is 2.34. The van der Waals surface area contributed by atoms with Crippen LogP contribution in [0.1, 0.15) is 42.4 Å². The number of hydrogen-bond acceptors (Lipinski definition) is 4. The SMILES string of the molecule is Cc1cc(C)c(S(=O)(=O)N2CCC(C(=O)Nc3ccccc3N3CCCC3)CC2)c(C)c1. The number of sulfonamides is 1. The molecule has 2 fully saturated rings. The summed E-state index contributed by atoms with van der Waals surface area (Å²) in [4.78, 5) is 15.7. The van der Waals surface area contributed by atoms with Gasteiger partial charge in [0.1, 0.15) is 0 Å². The molecule has 2 aromatic carbocycles. The third kappa shape index (κ3) is 4.55. The minimum atomic E-state index is -3.57. The molecular formula is C25H33N3O3S. The van der Waals surface area contributed by atoms with Crippen molar-refractivity contribution in [1.82, 2.24) is 4.31 Å². The Kier molecular flexibility index (Phi) is 6.58. The molecule has 0 aliphatic carbocycles. The Balaban J connectivity index is 1.43. The van der Waals surface area contributed by atoms with Crippen LogP contribution in [0, 0.1) is 26.7 Å². The van der Waals surface area contributed by atoms with Crippen molar-refractivity contribution < 1.29 is 13.2 Å². The van der Waals surface area contributed by atoms with Crippen molar-refractivity contribution >= 4 is 27.3 Å². The van der Waals surface area contributed by atoms with Crippen LogP contribution in [-0.2, 0) is 14.8 Å². The van der Waals surface area contributed by atoms with Gasteiger partial charge in [-0.25, -0.2) is 8.42 Å². The average molecular weight is 456 g/mol. The lowest BCUT2D eigenvalue weighted by Crippen LogP contribution is -2.41. The van der Waals surface area contributed by atoms with Gasteiger partial charge in [0.15, 0.2) is 0 Å². The number of carbonyl (C=O) groups is 1. The second-order valence-electron chi connectivity index (χ2n) is 9.11. The van der Waals surface area contributed by atoms with Crippen LogP contribution in [0.5, 0.6) is 0 Å². The fourth-order valence-corrected chi connectivity index (χ4v) is 6.99. The maximum absolute atomic E-state index is 13.3. The Morgan fingerprint density at radius 3 is 2.16 bits per heavy atom. The van der Waals surface area contributed by atoms with Gasteiger partial charge in [-0.15, -0.1) is 0 Å². The minimum absolute atomic E-state index is 0.0172. The molecule has 0 spiro atoms. The van der Waals surface area contributed by atoms with Crippen molar-refractivity contribution in [2.45, 2.75) is 51.3 Å². The molecule has 0 radical (unpaired) electrons. The number of benzene rings is 2. The molecule has 4 rings (SSSR count). The van der Waals surface area contributed by atoms with Crippen LogP contribution in [0.3, 0.4) is 0 Å². The normalized spacial score (nSPS) is 18.2. The van der Waals surface area contributed by atoms with E-state index in [1.807, 2.05) is 51.1 Å². The van der Waals surface area contributed by atoms with Crippen LogP contribution < -0.4 is 10.2 Å². The summed E-state index contributed by atoms with van der Waals surface area (Å²) in [5.41, 5.74) is 4.54. The number of anilines is 2. The van der Waals surface area contributed by atoms with E-state index < -0.39 is 10.0 Å². The quantitative estimate of drug-likeness (QED) is 0.732. The van der Waals surface area contributed by atoms with E-state index >= 15 is 0 Å². The van der Waals surface area contributed by atoms with Gasteiger partial charge in [0.05, 0.1) is 16.3 Å². The van der Waals surface area contributed by atoms with Crippen molar-refractivity contribution in [3.63, 3.8) is 0 Å². The second-order valence-corrected chi connectivity index (χ2v) is 11.0. The molecule has 32 heavy (non-hydrogen) atoms. The van der Waals surface area contributed by atoms with E-state index in [1.165, 1.54) is 12.8 Å². The first-order valence-electron chi connectivity index (χ1n) is 11.5. The second kappa shape index (κ2) is 9.24. The predicted octanol–water partition coefficient (Wildman–Crippen LogP) is 4.25. The van der Waals surface area contributed by atoms with Gasteiger partial charge in [0.25, 0.3) is 0 Å². The molecule has 6 nitrogen and oxygen atoms in total. The summed E-state index contributed by atoms with van der Waals surface area (Å²) in [5, 5.41) is 3.12. The van der Waals surface area contributed by atoms with Crippen LogP contribution in [0.2, 0.25) is 0 Å². The number of amides is 1. The fourth-order valence-electron chi connectivity index (χ4n) is 5.11. The lowest BCUT2D eigenvalue weighted by atomic mass is 9.97. The molecule has 7 heteroatoms. The fraction of sp³-hybridized carbons (Fsp3) is 0.480. The number of rotatable bonds is 5. The summed E-state index contributed by atoms with van der Waals surface area (Å²) in [7, 11) is -3.57. The van der Waals surface area contributed by atoms with Gasteiger partial charge < -0.3 is 10.2 Å². The summed E-state index contributed by atoms with van der Waals surface area (Å²) in [6, 6.07) is 11.8. The van der Waals surface area contributed by atoms with Gasteiger partial charge in [-0.2, -0.15) is 4.31 Å². The van der Waals surface area contributed by atoms with Crippen LogP contribution >= 0.6 is 0 Å². The number of nitrogens with zero attached hydrogens (tertiary/aromatic N) is 2. The lowest BCUT2D eigenvalue weighted by Gasteiger charge is -2.31. The first-order valence-corrected chi connectivity index (χ1v) is 12.9. The maximum atomic E-state index is 13.3. The molecule has 2 heterocycles. The number of para-hydroxylation sites is 2. The summed E-state index contributed by atoms with van der Waals surface area (Å²) >= 11 is 0. The Morgan fingerprint density at radius 1 is 0.938 bits per heavy atom. The zero-order chi connectivity index (χ0) is 22.9. The summed E-state index contributed by atoms with van der Waals surface area (Å²) in [5.74, 6) is -0.204. The Hall–Kier alpha value is -2.38. The van der Waals surface area contributed by atoms with E-state index in [-0.39, 0.29) is 11.8 Å². The molecule has 2 saturated heterocycles. The minimum Gasteiger partial charge on any atom is -0.370 e. The third-order valence-corrected chi connectivity index (χ3v) is 8.84. The van der Waals surface area contributed by atoms with Crippen LogP contribution in [0.25, 0.3) is 0 Å². The molecule has 2 aliphatic rings. The zero-order valence-electron chi connectivity index (χ0n) is 19.2. The first kappa shape index (κ1) is 22.8. The van der Waals surface area contributed by atoms with Crippen molar-refractivity contribution in [2.75, 3.05) is 36.4 Å². The molecule has 2 aromatic rings. The molecule has 0 aromatic heterocycles. The third-order valence-electron chi connectivity index (χ3n) is 6.64. The van der Waals surface area contributed by atoms with Crippen molar-refractivity contribution in [3.8, 4) is 0 Å². The van der Waals surface area contributed by atoms with E-state index in [2.05, 4.69) is 16.3 Å². The van der Waals surface area contributed by atoms with E-state index in [4.69, 9.17) is 0 Å². The van der Waals surface area contributed by atoms with E-state index in [9.17, 15) is 13.2 Å². The van der Waals surface area contributed by atoms with E-state index in [1.54, 1.807) is 4.31 Å². The van der Waals surface area contributed by atoms with Crippen molar-refractivity contribution in [2.24, 2.45) is 5.92 Å². The largest absolute Gasteiger partial charge is 0.370 e. The summed E-state index contributed by atoms with van der Waals surface area (Å²) < 4.78 is 28.2. The van der Waals surface area contributed by atoms with E-state index in [0.29, 0.717) is 30.8 Å². The Labute approximate surface area is 191 Å². The molecule has 2 aliphatic heterocycles. The number of nitrogens with one attached hydrogen (secondary N) is 1. The van der Waals surface area contributed by atoms with Crippen LogP contribution in [-0.4, -0.2) is 44.8 Å². The van der Waals surface area contributed by atoms with Gasteiger partial charge in [-0.3, -0.25) is 4.79 Å².